The molecule has 0 bridgehead atoms. The number of carbonyl (C=O) groups excluding carboxylic acids is 1. The number of aliphatic hydroxyl groups is 1. The number of aliphatic hydroxyl groups excluding tert-OH is 1. The Hall–Kier alpha value is -0.480. The summed E-state index contributed by atoms with van der Waals surface area (Å²) in [6.45, 7) is 9.40. The van der Waals surface area contributed by atoms with Gasteiger partial charge in [0.2, 0.25) is 0 Å². The van der Waals surface area contributed by atoms with Gasteiger partial charge in [0.1, 0.15) is 0 Å². The van der Waals surface area contributed by atoms with Crippen LogP contribution in [-0.2, 0) is 9.53 Å². The average molecular weight is 218 g/mol. The summed E-state index contributed by atoms with van der Waals surface area (Å²) in [5.41, 5.74) is 0.448. The smallest absolute Gasteiger partial charge is 0.334 e. The molecule has 0 spiro atoms. The van der Waals surface area contributed by atoms with Crippen LogP contribution in [0.3, 0.4) is 0 Å². The zero-order chi connectivity index (χ0) is 11.1. The van der Waals surface area contributed by atoms with E-state index in [1.54, 1.807) is 13.8 Å². The van der Waals surface area contributed by atoms with E-state index in [1.165, 1.54) is 11.8 Å². The van der Waals surface area contributed by atoms with E-state index in [0.717, 1.165) is 0 Å². The normalized spacial score (nSPS) is 14.6. The zero-order valence-electron chi connectivity index (χ0n) is 8.95. The second kappa shape index (κ2) is 6.90. The van der Waals surface area contributed by atoms with Crippen LogP contribution in [-0.4, -0.2) is 34.8 Å². The van der Waals surface area contributed by atoms with Crippen LogP contribution in [0.25, 0.3) is 0 Å². The molecule has 0 aromatic heterocycles. The van der Waals surface area contributed by atoms with Crippen molar-refractivity contribution in [2.24, 2.45) is 0 Å². The van der Waals surface area contributed by atoms with Crippen LogP contribution in [0.1, 0.15) is 20.8 Å². The third-order valence-corrected chi connectivity index (χ3v) is 3.20. The van der Waals surface area contributed by atoms with Crippen molar-refractivity contribution in [2.45, 2.75) is 32.1 Å². The Labute approximate surface area is 89.5 Å². The van der Waals surface area contributed by atoms with Gasteiger partial charge in [-0.3, -0.25) is 0 Å². The van der Waals surface area contributed by atoms with Gasteiger partial charge in [-0.1, -0.05) is 13.5 Å². The van der Waals surface area contributed by atoms with Gasteiger partial charge >= 0.3 is 5.97 Å². The largest absolute Gasteiger partial charge is 0.463 e. The van der Waals surface area contributed by atoms with Crippen LogP contribution >= 0.6 is 11.8 Å². The number of hydrogen-bond donors (Lipinski definition) is 1. The molecule has 0 saturated carbocycles. The second-order valence-corrected chi connectivity index (χ2v) is 4.45. The number of ether oxygens (including phenoxy) is 1. The standard InChI is InChI=1S/C10H18O3S/c1-5-13-10(12)7(2)6-14-9(4)8(3)11/h8-9,11H,2,5-6H2,1,3-4H3. The Balaban J connectivity index is 3.79. The fourth-order valence-corrected chi connectivity index (χ4v) is 1.52. The summed E-state index contributed by atoms with van der Waals surface area (Å²) in [7, 11) is 0. The van der Waals surface area contributed by atoms with E-state index < -0.39 is 0 Å². The quantitative estimate of drug-likeness (QED) is 0.543. The lowest BCUT2D eigenvalue weighted by molar-refractivity contribution is -0.138. The number of esters is 1. The fraction of sp³-hybridized carbons (Fsp3) is 0.700. The van der Waals surface area contributed by atoms with Crippen LogP contribution < -0.4 is 0 Å². The predicted octanol–water partition coefficient (Wildman–Crippen LogP) is 1.61. The summed E-state index contributed by atoms with van der Waals surface area (Å²) >= 11 is 1.50. The molecule has 0 fully saturated rings. The Morgan fingerprint density at radius 1 is 1.57 bits per heavy atom. The van der Waals surface area contributed by atoms with E-state index in [0.29, 0.717) is 17.9 Å². The van der Waals surface area contributed by atoms with E-state index in [9.17, 15) is 9.90 Å². The average Bonchev–Trinajstić information content (AvgIpc) is 2.13. The molecule has 0 aromatic carbocycles. The highest BCUT2D eigenvalue weighted by Gasteiger charge is 2.13. The molecule has 0 aliphatic rings. The van der Waals surface area contributed by atoms with Crippen molar-refractivity contribution >= 4 is 17.7 Å². The highest BCUT2D eigenvalue weighted by molar-refractivity contribution is 8.00. The molecule has 0 aliphatic heterocycles. The van der Waals surface area contributed by atoms with Crippen LogP contribution in [0.15, 0.2) is 12.2 Å². The molecule has 2 unspecified atom stereocenters. The molecule has 82 valence electrons. The monoisotopic (exact) mass is 218 g/mol. The van der Waals surface area contributed by atoms with E-state index in [1.807, 2.05) is 6.92 Å². The molecular formula is C10H18O3S. The van der Waals surface area contributed by atoms with Crippen molar-refractivity contribution in [3.63, 3.8) is 0 Å². The number of rotatable bonds is 6. The molecule has 1 N–H and O–H groups in total. The minimum Gasteiger partial charge on any atom is -0.463 e. The first-order chi connectivity index (χ1) is 6.49. The number of hydrogen-bond acceptors (Lipinski definition) is 4. The molecular weight excluding hydrogens is 200 g/mol. The van der Waals surface area contributed by atoms with Gasteiger partial charge in [-0.25, -0.2) is 4.79 Å². The van der Waals surface area contributed by atoms with E-state index in [2.05, 4.69) is 6.58 Å². The summed E-state index contributed by atoms with van der Waals surface area (Å²) in [5.74, 6) is 0.156. The van der Waals surface area contributed by atoms with Gasteiger partial charge in [0.05, 0.1) is 12.7 Å². The first kappa shape index (κ1) is 13.5. The van der Waals surface area contributed by atoms with Crippen molar-refractivity contribution in [3.8, 4) is 0 Å². The van der Waals surface area contributed by atoms with Crippen LogP contribution in [0.2, 0.25) is 0 Å². The van der Waals surface area contributed by atoms with Gasteiger partial charge in [0.25, 0.3) is 0 Å². The van der Waals surface area contributed by atoms with Crippen molar-refractivity contribution in [3.05, 3.63) is 12.2 Å². The lowest BCUT2D eigenvalue weighted by Crippen LogP contribution is -2.17. The summed E-state index contributed by atoms with van der Waals surface area (Å²) in [6.07, 6.45) is -0.380. The molecule has 0 aromatic rings. The predicted molar refractivity (Wildman–Crippen MR) is 59.4 cm³/mol. The number of carbonyl (C=O) groups is 1. The Morgan fingerprint density at radius 3 is 2.57 bits per heavy atom. The molecule has 4 heteroatoms. The van der Waals surface area contributed by atoms with E-state index in [4.69, 9.17) is 4.74 Å². The van der Waals surface area contributed by atoms with Crippen LogP contribution in [0.5, 0.6) is 0 Å². The van der Waals surface area contributed by atoms with Crippen LogP contribution in [0.4, 0.5) is 0 Å². The molecule has 3 nitrogen and oxygen atoms in total. The van der Waals surface area contributed by atoms with Crippen LogP contribution in [0, 0.1) is 0 Å². The van der Waals surface area contributed by atoms with Gasteiger partial charge in [0.15, 0.2) is 0 Å². The third kappa shape index (κ3) is 5.29. The molecule has 0 saturated heterocycles. The van der Waals surface area contributed by atoms with Gasteiger partial charge in [-0.05, 0) is 13.8 Å². The molecule has 14 heavy (non-hydrogen) atoms. The van der Waals surface area contributed by atoms with E-state index in [-0.39, 0.29) is 17.3 Å². The van der Waals surface area contributed by atoms with Gasteiger partial charge in [-0.15, -0.1) is 0 Å². The minimum atomic E-state index is -0.380. The fourth-order valence-electron chi connectivity index (χ4n) is 0.663. The highest BCUT2D eigenvalue weighted by Crippen LogP contribution is 2.17. The second-order valence-electron chi connectivity index (χ2n) is 3.08. The van der Waals surface area contributed by atoms with Gasteiger partial charge in [0, 0.05) is 16.6 Å². The van der Waals surface area contributed by atoms with Crippen molar-refractivity contribution in [2.75, 3.05) is 12.4 Å². The first-order valence-electron chi connectivity index (χ1n) is 4.63. The minimum absolute atomic E-state index is 0.0983. The molecule has 0 rings (SSSR count). The summed E-state index contributed by atoms with van der Waals surface area (Å²) < 4.78 is 4.78. The van der Waals surface area contributed by atoms with Gasteiger partial charge < -0.3 is 9.84 Å². The summed E-state index contributed by atoms with van der Waals surface area (Å²) in [6, 6.07) is 0. The summed E-state index contributed by atoms with van der Waals surface area (Å²) in [5, 5.41) is 9.31. The summed E-state index contributed by atoms with van der Waals surface area (Å²) in [4.78, 5) is 11.1. The SMILES string of the molecule is C=C(CSC(C)C(C)O)C(=O)OCC. The Kier molecular flexibility index (Phi) is 6.66. The third-order valence-electron chi connectivity index (χ3n) is 1.76. The molecule has 2 atom stereocenters. The lowest BCUT2D eigenvalue weighted by Gasteiger charge is -2.14. The molecule has 0 amide bonds. The maximum atomic E-state index is 11.1. The molecule has 0 radical (unpaired) electrons. The topological polar surface area (TPSA) is 46.5 Å². The number of thioether (sulfide) groups is 1. The highest BCUT2D eigenvalue weighted by atomic mass is 32.2. The van der Waals surface area contributed by atoms with Crippen molar-refractivity contribution < 1.29 is 14.6 Å². The van der Waals surface area contributed by atoms with Crippen molar-refractivity contribution in [1.82, 2.24) is 0 Å². The van der Waals surface area contributed by atoms with Gasteiger partial charge in [-0.2, -0.15) is 11.8 Å². The first-order valence-corrected chi connectivity index (χ1v) is 5.68. The molecule has 0 heterocycles. The Morgan fingerprint density at radius 2 is 2.14 bits per heavy atom. The lowest BCUT2D eigenvalue weighted by atomic mass is 10.3. The van der Waals surface area contributed by atoms with E-state index >= 15 is 0 Å². The zero-order valence-corrected chi connectivity index (χ0v) is 9.76. The maximum absolute atomic E-state index is 11.1. The molecule has 0 aliphatic carbocycles. The Bertz CT molecular complexity index is 202. The maximum Gasteiger partial charge on any atom is 0.334 e. The van der Waals surface area contributed by atoms with Crippen molar-refractivity contribution in [1.29, 1.82) is 0 Å².